The molecule has 7 heteroatoms. The SMILES string of the molecule is COc1ccc(C(CNC(=O)/C=C/c2c(C)nn(Cc3ccccc3Cl)c2C)N(C)C)cc1. The number of aromatic nitrogens is 2. The van der Waals surface area contributed by atoms with Crippen molar-refractivity contribution < 1.29 is 9.53 Å². The van der Waals surface area contributed by atoms with Gasteiger partial charge in [0, 0.05) is 28.9 Å². The van der Waals surface area contributed by atoms with Gasteiger partial charge in [-0.05, 0) is 63.3 Å². The first kappa shape index (κ1) is 24.6. The number of hydrogen-bond acceptors (Lipinski definition) is 4. The number of amides is 1. The standard InChI is InChI=1S/C26H31ClN4O2/c1-18-23(19(2)31(29-18)17-21-8-6-7-9-24(21)27)14-15-26(32)28-16-25(30(3)4)20-10-12-22(33-5)13-11-20/h6-15,25H,16-17H2,1-5H3,(H,28,32)/b15-14+. The first-order valence-corrected chi connectivity index (χ1v) is 11.2. The van der Waals surface area contributed by atoms with Crippen LogP contribution in [-0.4, -0.2) is 48.3 Å². The molecule has 0 saturated carbocycles. The van der Waals surface area contributed by atoms with Gasteiger partial charge in [0.05, 0.1) is 25.4 Å². The molecule has 174 valence electrons. The molecule has 0 spiro atoms. The van der Waals surface area contributed by atoms with Crippen LogP contribution >= 0.6 is 11.6 Å². The topological polar surface area (TPSA) is 59.4 Å². The minimum atomic E-state index is -0.145. The van der Waals surface area contributed by atoms with E-state index in [1.807, 2.05) is 87.2 Å². The highest BCUT2D eigenvalue weighted by molar-refractivity contribution is 6.31. The maximum absolute atomic E-state index is 12.6. The van der Waals surface area contributed by atoms with Crippen molar-refractivity contribution in [1.29, 1.82) is 0 Å². The van der Waals surface area contributed by atoms with E-state index >= 15 is 0 Å². The Morgan fingerprint density at radius 2 is 1.88 bits per heavy atom. The van der Waals surface area contributed by atoms with Crippen LogP contribution in [0.15, 0.2) is 54.6 Å². The molecule has 33 heavy (non-hydrogen) atoms. The number of aryl methyl sites for hydroxylation is 1. The number of rotatable bonds is 9. The van der Waals surface area contributed by atoms with Gasteiger partial charge in [-0.25, -0.2) is 0 Å². The van der Waals surface area contributed by atoms with Crippen molar-refractivity contribution in [3.05, 3.63) is 87.7 Å². The second-order valence-electron chi connectivity index (χ2n) is 8.16. The number of ether oxygens (including phenoxy) is 1. The molecule has 1 heterocycles. The van der Waals surface area contributed by atoms with Gasteiger partial charge in [-0.3, -0.25) is 9.48 Å². The van der Waals surface area contributed by atoms with Gasteiger partial charge in [0.1, 0.15) is 5.75 Å². The summed E-state index contributed by atoms with van der Waals surface area (Å²) in [4.78, 5) is 14.6. The van der Waals surface area contributed by atoms with E-state index in [0.717, 1.165) is 33.8 Å². The van der Waals surface area contributed by atoms with Crippen molar-refractivity contribution in [2.24, 2.45) is 0 Å². The minimum absolute atomic E-state index is 0.0510. The minimum Gasteiger partial charge on any atom is -0.497 e. The Morgan fingerprint density at radius 3 is 2.52 bits per heavy atom. The highest BCUT2D eigenvalue weighted by Crippen LogP contribution is 2.22. The molecule has 6 nitrogen and oxygen atoms in total. The lowest BCUT2D eigenvalue weighted by Gasteiger charge is -2.25. The Kier molecular flexibility index (Phi) is 8.31. The summed E-state index contributed by atoms with van der Waals surface area (Å²) in [6, 6.07) is 15.7. The summed E-state index contributed by atoms with van der Waals surface area (Å²) < 4.78 is 7.15. The molecule has 1 unspecified atom stereocenters. The molecule has 1 aromatic heterocycles. The van der Waals surface area contributed by atoms with E-state index in [0.29, 0.717) is 18.1 Å². The largest absolute Gasteiger partial charge is 0.497 e. The van der Waals surface area contributed by atoms with Gasteiger partial charge in [-0.1, -0.05) is 41.9 Å². The number of likely N-dealkylation sites (N-methyl/N-ethyl adjacent to an activating group) is 1. The van der Waals surface area contributed by atoms with Crippen LogP contribution in [0.2, 0.25) is 5.02 Å². The van der Waals surface area contributed by atoms with Crippen molar-refractivity contribution in [1.82, 2.24) is 20.0 Å². The smallest absolute Gasteiger partial charge is 0.244 e. The predicted octanol–water partition coefficient (Wildman–Crippen LogP) is 4.64. The number of carbonyl (C=O) groups excluding carboxylic acids is 1. The van der Waals surface area contributed by atoms with Crippen molar-refractivity contribution in [2.75, 3.05) is 27.7 Å². The van der Waals surface area contributed by atoms with Crippen molar-refractivity contribution in [2.45, 2.75) is 26.4 Å². The normalized spacial score (nSPS) is 12.3. The van der Waals surface area contributed by atoms with E-state index in [9.17, 15) is 4.79 Å². The van der Waals surface area contributed by atoms with E-state index < -0.39 is 0 Å². The highest BCUT2D eigenvalue weighted by atomic mass is 35.5. The zero-order chi connectivity index (χ0) is 24.0. The van der Waals surface area contributed by atoms with Crippen LogP contribution in [0.3, 0.4) is 0 Å². The van der Waals surface area contributed by atoms with Gasteiger partial charge >= 0.3 is 0 Å². The molecule has 0 aliphatic rings. The first-order chi connectivity index (χ1) is 15.8. The molecule has 3 aromatic rings. The fraction of sp³-hybridized carbons (Fsp3) is 0.308. The molecule has 0 bridgehead atoms. The maximum atomic E-state index is 12.6. The molecule has 1 amide bonds. The molecule has 0 aliphatic heterocycles. The number of nitrogens with one attached hydrogen (secondary N) is 1. The molecule has 1 atom stereocenters. The van der Waals surface area contributed by atoms with Crippen LogP contribution in [0, 0.1) is 13.8 Å². The van der Waals surface area contributed by atoms with E-state index in [-0.39, 0.29) is 11.9 Å². The Morgan fingerprint density at radius 1 is 1.18 bits per heavy atom. The second-order valence-corrected chi connectivity index (χ2v) is 8.57. The number of methoxy groups -OCH3 is 1. The third-order valence-electron chi connectivity index (χ3n) is 5.71. The summed E-state index contributed by atoms with van der Waals surface area (Å²) in [5, 5.41) is 8.36. The van der Waals surface area contributed by atoms with Gasteiger partial charge in [-0.2, -0.15) is 5.10 Å². The Labute approximate surface area is 200 Å². The van der Waals surface area contributed by atoms with Crippen molar-refractivity contribution in [3.8, 4) is 5.75 Å². The van der Waals surface area contributed by atoms with Gasteiger partial charge in [0.25, 0.3) is 0 Å². The van der Waals surface area contributed by atoms with Crippen LogP contribution in [0.25, 0.3) is 6.08 Å². The number of halogens is 1. The number of nitrogens with zero attached hydrogens (tertiary/aromatic N) is 3. The number of carbonyl (C=O) groups is 1. The molecule has 3 rings (SSSR count). The quantitative estimate of drug-likeness (QED) is 0.466. The summed E-state index contributed by atoms with van der Waals surface area (Å²) in [6.07, 6.45) is 3.39. The lowest BCUT2D eigenvalue weighted by atomic mass is 10.1. The predicted molar refractivity (Wildman–Crippen MR) is 134 cm³/mol. The summed E-state index contributed by atoms with van der Waals surface area (Å²) in [5.74, 6) is 0.664. The van der Waals surface area contributed by atoms with Crippen LogP contribution < -0.4 is 10.1 Å². The summed E-state index contributed by atoms with van der Waals surface area (Å²) in [5.41, 5.74) is 4.91. The molecular formula is C26H31ClN4O2. The van der Waals surface area contributed by atoms with Crippen LogP contribution in [-0.2, 0) is 11.3 Å². The summed E-state index contributed by atoms with van der Waals surface area (Å²) in [6.45, 7) is 5.02. The number of hydrogen-bond donors (Lipinski definition) is 1. The molecule has 2 aromatic carbocycles. The fourth-order valence-corrected chi connectivity index (χ4v) is 3.93. The highest BCUT2D eigenvalue weighted by Gasteiger charge is 2.15. The Bertz CT molecular complexity index is 1120. The fourth-order valence-electron chi connectivity index (χ4n) is 3.73. The molecule has 1 N–H and O–H groups in total. The Hall–Kier alpha value is -3.09. The van der Waals surface area contributed by atoms with E-state index in [2.05, 4.69) is 15.3 Å². The molecule has 0 aliphatic carbocycles. The molecule has 0 radical (unpaired) electrons. The number of benzene rings is 2. The van der Waals surface area contributed by atoms with Crippen LogP contribution in [0.1, 0.15) is 34.1 Å². The van der Waals surface area contributed by atoms with E-state index in [4.69, 9.17) is 16.3 Å². The van der Waals surface area contributed by atoms with Crippen LogP contribution in [0.4, 0.5) is 0 Å². The van der Waals surface area contributed by atoms with E-state index in [1.165, 1.54) is 0 Å². The third kappa shape index (κ3) is 6.24. The van der Waals surface area contributed by atoms with Gasteiger partial charge in [-0.15, -0.1) is 0 Å². The zero-order valence-corrected chi connectivity index (χ0v) is 20.6. The van der Waals surface area contributed by atoms with Crippen molar-refractivity contribution in [3.63, 3.8) is 0 Å². The van der Waals surface area contributed by atoms with Gasteiger partial charge in [0.2, 0.25) is 5.91 Å². The van der Waals surface area contributed by atoms with Gasteiger partial charge in [0.15, 0.2) is 0 Å². The first-order valence-electron chi connectivity index (χ1n) is 10.8. The molecular weight excluding hydrogens is 436 g/mol. The van der Waals surface area contributed by atoms with Gasteiger partial charge < -0.3 is 15.0 Å². The maximum Gasteiger partial charge on any atom is 0.244 e. The monoisotopic (exact) mass is 466 g/mol. The second kappa shape index (κ2) is 11.2. The molecule has 0 fully saturated rings. The average Bonchev–Trinajstić information content (AvgIpc) is 3.06. The lowest BCUT2D eigenvalue weighted by Crippen LogP contribution is -2.33. The third-order valence-corrected chi connectivity index (χ3v) is 6.08. The zero-order valence-electron chi connectivity index (χ0n) is 19.8. The average molecular weight is 467 g/mol. The van der Waals surface area contributed by atoms with Crippen molar-refractivity contribution >= 4 is 23.6 Å². The summed E-state index contributed by atoms with van der Waals surface area (Å²) >= 11 is 6.30. The lowest BCUT2D eigenvalue weighted by molar-refractivity contribution is -0.116. The molecule has 0 saturated heterocycles. The Balaban J connectivity index is 1.66. The summed E-state index contributed by atoms with van der Waals surface area (Å²) in [7, 11) is 5.64. The van der Waals surface area contributed by atoms with E-state index in [1.54, 1.807) is 13.2 Å². The van der Waals surface area contributed by atoms with Crippen LogP contribution in [0.5, 0.6) is 5.75 Å².